The number of halogens is 2. The van der Waals surface area contributed by atoms with E-state index in [0.717, 1.165) is 4.31 Å². The Bertz CT molecular complexity index is 674. The Hall–Kier alpha value is -1.20. The molecule has 0 spiro atoms. The number of alkyl halides is 1. The van der Waals surface area contributed by atoms with Crippen LogP contribution in [0.4, 0.5) is 4.39 Å². The van der Waals surface area contributed by atoms with Crippen LogP contribution in [0.3, 0.4) is 0 Å². The van der Waals surface area contributed by atoms with E-state index >= 15 is 0 Å². The second kappa shape index (κ2) is 6.28. The maximum absolute atomic E-state index is 13.6. The van der Waals surface area contributed by atoms with Crippen LogP contribution in [0.1, 0.15) is 11.1 Å². The molecule has 2 atom stereocenters. The maximum Gasteiger partial charge on any atom is 0.218 e. The Labute approximate surface area is 127 Å². The number of ether oxygens (including phenoxy) is 1. The lowest BCUT2D eigenvalue weighted by Gasteiger charge is -2.16. The van der Waals surface area contributed by atoms with E-state index in [0.29, 0.717) is 10.6 Å². The van der Waals surface area contributed by atoms with Gasteiger partial charge in [0.1, 0.15) is 12.3 Å². The quantitative estimate of drug-likeness (QED) is 0.841. The molecule has 114 valence electrons. The van der Waals surface area contributed by atoms with E-state index in [1.54, 1.807) is 0 Å². The highest BCUT2D eigenvalue weighted by atomic mass is 35.5. The van der Waals surface area contributed by atoms with Crippen molar-refractivity contribution in [2.24, 2.45) is 0 Å². The van der Waals surface area contributed by atoms with Gasteiger partial charge in [-0.2, -0.15) is 9.57 Å². The zero-order chi connectivity index (χ0) is 15.6. The summed E-state index contributed by atoms with van der Waals surface area (Å²) in [5.41, 5.74) is 0.545. The summed E-state index contributed by atoms with van der Waals surface area (Å²) in [5.74, 6) is -0.365. The summed E-state index contributed by atoms with van der Waals surface area (Å²) < 4.78 is 44.2. The first kappa shape index (κ1) is 16.2. The standard InChI is InChI=1S/C13H14ClFN2O3S/c1-20-13-7-17(6-12(13)15)21(18,19)8-9-2-3-11(14)4-10(9)5-16/h2-4,12-13H,6-8H2,1H3/t12-,13-/m1/s1. The van der Waals surface area contributed by atoms with Crippen LogP contribution in [0.25, 0.3) is 0 Å². The Balaban J connectivity index is 2.21. The second-order valence-electron chi connectivity index (χ2n) is 4.78. The molecule has 2 rings (SSSR count). The van der Waals surface area contributed by atoms with Gasteiger partial charge in [0.05, 0.1) is 17.4 Å². The molecule has 1 fully saturated rings. The van der Waals surface area contributed by atoms with Crippen molar-refractivity contribution in [2.45, 2.75) is 18.0 Å². The molecule has 0 amide bonds. The number of hydrogen-bond acceptors (Lipinski definition) is 4. The van der Waals surface area contributed by atoms with Crippen LogP contribution in [0.15, 0.2) is 18.2 Å². The molecule has 1 aromatic carbocycles. The van der Waals surface area contributed by atoms with E-state index in [4.69, 9.17) is 21.6 Å². The number of rotatable bonds is 4. The molecule has 5 nitrogen and oxygen atoms in total. The third-order valence-corrected chi connectivity index (χ3v) is 5.39. The SMILES string of the molecule is CO[C@@H]1CN(S(=O)(=O)Cc2ccc(Cl)cc2C#N)C[C@H]1F. The highest BCUT2D eigenvalue weighted by Gasteiger charge is 2.39. The van der Waals surface area contributed by atoms with E-state index in [-0.39, 0.29) is 24.4 Å². The monoisotopic (exact) mass is 332 g/mol. The first-order chi connectivity index (χ1) is 9.87. The third-order valence-electron chi connectivity index (χ3n) is 3.39. The third kappa shape index (κ3) is 3.52. The van der Waals surface area contributed by atoms with E-state index in [1.165, 1.54) is 25.3 Å². The number of hydrogen-bond donors (Lipinski definition) is 0. The average Bonchev–Trinajstić information content (AvgIpc) is 2.82. The van der Waals surface area contributed by atoms with Gasteiger partial charge in [0.2, 0.25) is 10.0 Å². The number of nitriles is 1. The number of methoxy groups -OCH3 is 1. The molecule has 0 N–H and O–H groups in total. The first-order valence-electron chi connectivity index (χ1n) is 6.20. The molecule has 1 heterocycles. The van der Waals surface area contributed by atoms with Crippen LogP contribution in [0, 0.1) is 11.3 Å². The summed E-state index contributed by atoms with van der Waals surface area (Å²) in [6.45, 7) is -0.244. The van der Waals surface area contributed by atoms with Crippen molar-refractivity contribution in [3.8, 4) is 6.07 Å². The summed E-state index contributed by atoms with van der Waals surface area (Å²) in [6, 6.07) is 6.34. The van der Waals surface area contributed by atoms with Gasteiger partial charge in [-0.1, -0.05) is 17.7 Å². The molecule has 0 bridgehead atoms. The van der Waals surface area contributed by atoms with Crippen LogP contribution in [-0.4, -0.2) is 45.2 Å². The maximum atomic E-state index is 13.6. The summed E-state index contributed by atoms with van der Waals surface area (Å²) in [4.78, 5) is 0. The molecule has 0 aromatic heterocycles. The molecular weight excluding hydrogens is 319 g/mol. The van der Waals surface area contributed by atoms with Crippen molar-refractivity contribution in [3.63, 3.8) is 0 Å². The van der Waals surface area contributed by atoms with E-state index in [1.807, 2.05) is 6.07 Å². The largest absolute Gasteiger partial charge is 0.377 e. The molecule has 1 aliphatic heterocycles. The van der Waals surface area contributed by atoms with Gasteiger partial charge in [0.15, 0.2) is 0 Å². The van der Waals surface area contributed by atoms with Gasteiger partial charge in [0.25, 0.3) is 0 Å². The van der Waals surface area contributed by atoms with Crippen LogP contribution < -0.4 is 0 Å². The Morgan fingerprint density at radius 2 is 2.24 bits per heavy atom. The predicted octanol–water partition coefficient (Wildman–Crippen LogP) is 1.71. The lowest BCUT2D eigenvalue weighted by molar-refractivity contribution is 0.0637. The second-order valence-corrected chi connectivity index (χ2v) is 7.18. The first-order valence-corrected chi connectivity index (χ1v) is 8.19. The molecule has 1 saturated heterocycles. The summed E-state index contributed by atoms with van der Waals surface area (Å²) in [5, 5.41) is 9.39. The normalized spacial score (nSPS) is 23.1. The molecular formula is C13H14ClFN2O3S. The zero-order valence-electron chi connectivity index (χ0n) is 11.3. The minimum Gasteiger partial charge on any atom is -0.377 e. The zero-order valence-corrected chi connectivity index (χ0v) is 12.9. The van der Waals surface area contributed by atoms with Crippen molar-refractivity contribution >= 4 is 21.6 Å². The highest BCUT2D eigenvalue weighted by Crippen LogP contribution is 2.24. The van der Waals surface area contributed by atoms with Crippen molar-refractivity contribution < 1.29 is 17.5 Å². The summed E-state index contributed by atoms with van der Waals surface area (Å²) in [6.07, 6.45) is -2.09. The molecule has 0 unspecified atom stereocenters. The number of nitrogens with zero attached hydrogens (tertiary/aromatic N) is 2. The highest BCUT2D eigenvalue weighted by molar-refractivity contribution is 7.88. The average molecular weight is 333 g/mol. The molecule has 0 radical (unpaired) electrons. The number of sulfonamides is 1. The molecule has 21 heavy (non-hydrogen) atoms. The molecule has 0 aliphatic carbocycles. The minimum atomic E-state index is -3.72. The smallest absolute Gasteiger partial charge is 0.218 e. The predicted molar refractivity (Wildman–Crippen MR) is 76.1 cm³/mol. The minimum absolute atomic E-state index is 0.0184. The van der Waals surface area contributed by atoms with E-state index in [2.05, 4.69) is 0 Å². The van der Waals surface area contributed by atoms with Gasteiger partial charge in [-0.3, -0.25) is 0 Å². The van der Waals surface area contributed by atoms with E-state index < -0.39 is 22.3 Å². The fourth-order valence-corrected chi connectivity index (χ4v) is 3.96. The Morgan fingerprint density at radius 3 is 2.81 bits per heavy atom. The number of benzene rings is 1. The lowest BCUT2D eigenvalue weighted by Crippen LogP contribution is -2.31. The Morgan fingerprint density at radius 1 is 1.52 bits per heavy atom. The van der Waals surface area contributed by atoms with Gasteiger partial charge in [-0.25, -0.2) is 12.8 Å². The van der Waals surface area contributed by atoms with Crippen molar-refractivity contribution in [1.29, 1.82) is 5.26 Å². The van der Waals surface area contributed by atoms with Crippen molar-refractivity contribution in [1.82, 2.24) is 4.31 Å². The molecule has 8 heteroatoms. The topological polar surface area (TPSA) is 70.4 Å². The van der Waals surface area contributed by atoms with Gasteiger partial charge < -0.3 is 4.74 Å². The lowest BCUT2D eigenvalue weighted by atomic mass is 10.1. The van der Waals surface area contributed by atoms with Crippen LogP contribution >= 0.6 is 11.6 Å². The van der Waals surface area contributed by atoms with Gasteiger partial charge >= 0.3 is 0 Å². The van der Waals surface area contributed by atoms with Gasteiger partial charge in [0, 0.05) is 25.2 Å². The van der Waals surface area contributed by atoms with E-state index in [9.17, 15) is 12.8 Å². The van der Waals surface area contributed by atoms with Crippen molar-refractivity contribution in [3.05, 3.63) is 34.3 Å². The van der Waals surface area contributed by atoms with Gasteiger partial charge in [-0.05, 0) is 17.7 Å². The van der Waals surface area contributed by atoms with Gasteiger partial charge in [-0.15, -0.1) is 0 Å². The fraction of sp³-hybridized carbons (Fsp3) is 0.462. The molecule has 1 aliphatic rings. The molecule has 0 saturated carbocycles. The van der Waals surface area contributed by atoms with Crippen LogP contribution in [0.5, 0.6) is 0 Å². The summed E-state index contributed by atoms with van der Waals surface area (Å²) in [7, 11) is -2.37. The van der Waals surface area contributed by atoms with Crippen LogP contribution in [-0.2, 0) is 20.5 Å². The fourth-order valence-electron chi connectivity index (χ4n) is 2.22. The molecule has 1 aromatic rings. The Kier molecular flexibility index (Phi) is 4.84. The van der Waals surface area contributed by atoms with Crippen LogP contribution in [0.2, 0.25) is 5.02 Å². The summed E-state index contributed by atoms with van der Waals surface area (Å²) >= 11 is 5.77. The van der Waals surface area contributed by atoms with Crippen molar-refractivity contribution in [2.75, 3.05) is 20.2 Å².